The van der Waals surface area contributed by atoms with Crippen LogP contribution in [-0.2, 0) is 22.4 Å². The van der Waals surface area contributed by atoms with Crippen molar-refractivity contribution < 1.29 is 18.7 Å². The number of para-hydroxylation sites is 1. The number of aryl methyl sites for hydroxylation is 2. The summed E-state index contributed by atoms with van der Waals surface area (Å²) in [7, 11) is 0. The Labute approximate surface area is 123 Å². The minimum absolute atomic E-state index is 0.0752. The van der Waals surface area contributed by atoms with Crippen LogP contribution in [0.15, 0.2) is 41.1 Å². The van der Waals surface area contributed by atoms with Crippen molar-refractivity contribution in [2.24, 2.45) is 0 Å². The molecule has 0 bridgehead atoms. The molecule has 112 valence electrons. The Kier molecular flexibility index (Phi) is 5.82. The third-order valence-corrected chi connectivity index (χ3v) is 2.97. The van der Waals surface area contributed by atoms with Gasteiger partial charge < -0.3 is 13.9 Å². The number of nitrogens with zero attached hydrogens (tertiary/aromatic N) is 1. The summed E-state index contributed by atoms with van der Waals surface area (Å²) >= 11 is 0. The van der Waals surface area contributed by atoms with E-state index in [9.17, 15) is 4.79 Å². The van der Waals surface area contributed by atoms with Gasteiger partial charge in [-0.2, -0.15) is 0 Å². The van der Waals surface area contributed by atoms with Gasteiger partial charge in [0.05, 0.1) is 12.3 Å². The number of benzene rings is 1. The fourth-order valence-electron chi connectivity index (χ4n) is 1.91. The molecule has 0 N–H and O–H groups in total. The maximum Gasteiger partial charge on any atom is 0.344 e. The SMILES string of the molecule is CCc1ocnc1CCCOC(=O)COc1ccccc1. The summed E-state index contributed by atoms with van der Waals surface area (Å²) in [6.07, 6.45) is 3.73. The van der Waals surface area contributed by atoms with Crippen molar-refractivity contribution in [2.45, 2.75) is 26.2 Å². The first-order chi connectivity index (χ1) is 10.3. The number of esters is 1. The molecule has 0 fully saturated rings. The maximum absolute atomic E-state index is 11.5. The average molecular weight is 289 g/mol. The number of carbonyl (C=O) groups excluding carboxylic acids is 1. The quantitative estimate of drug-likeness (QED) is 0.552. The van der Waals surface area contributed by atoms with Gasteiger partial charge in [0, 0.05) is 6.42 Å². The molecule has 1 aromatic carbocycles. The molecule has 0 spiro atoms. The van der Waals surface area contributed by atoms with Crippen LogP contribution in [0.25, 0.3) is 0 Å². The van der Waals surface area contributed by atoms with Crippen LogP contribution in [0.3, 0.4) is 0 Å². The van der Waals surface area contributed by atoms with Crippen molar-refractivity contribution in [2.75, 3.05) is 13.2 Å². The summed E-state index contributed by atoms with van der Waals surface area (Å²) in [5.74, 6) is 1.19. The predicted molar refractivity (Wildman–Crippen MR) is 77.1 cm³/mol. The van der Waals surface area contributed by atoms with Crippen LogP contribution in [0.1, 0.15) is 24.8 Å². The number of oxazole rings is 1. The molecule has 0 aliphatic rings. The van der Waals surface area contributed by atoms with Crippen LogP contribution in [0.4, 0.5) is 0 Å². The molecule has 0 radical (unpaired) electrons. The number of hydrogen-bond donors (Lipinski definition) is 0. The minimum atomic E-state index is -0.366. The van der Waals surface area contributed by atoms with Crippen LogP contribution in [0.5, 0.6) is 5.75 Å². The van der Waals surface area contributed by atoms with E-state index in [2.05, 4.69) is 4.98 Å². The van der Waals surface area contributed by atoms with Gasteiger partial charge in [0.1, 0.15) is 11.5 Å². The molecular weight excluding hydrogens is 270 g/mol. The first-order valence-electron chi connectivity index (χ1n) is 7.04. The van der Waals surface area contributed by atoms with Gasteiger partial charge in [0.2, 0.25) is 0 Å². The largest absolute Gasteiger partial charge is 0.482 e. The average Bonchev–Trinajstić information content (AvgIpc) is 2.98. The molecule has 2 rings (SSSR count). The zero-order valence-corrected chi connectivity index (χ0v) is 12.1. The first-order valence-corrected chi connectivity index (χ1v) is 7.04. The third-order valence-electron chi connectivity index (χ3n) is 2.97. The van der Waals surface area contributed by atoms with Gasteiger partial charge in [-0.25, -0.2) is 9.78 Å². The highest BCUT2D eigenvalue weighted by atomic mass is 16.6. The Hall–Kier alpha value is -2.30. The molecule has 5 nitrogen and oxygen atoms in total. The van der Waals surface area contributed by atoms with E-state index < -0.39 is 0 Å². The topological polar surface area (TPSA) is 61.6 Å². The molecule has 1 aromatic heterocycles. The molecule has 0 amide bonds. The zero-order valence-electron chi connectivity index (χ0n) is 12.1. The smallest absolute Gasteiger partial charge is 0.344 e. The number of rotatable bonds is 8. The molecule has 0 aliphatic heterocycles. The van der Waals surface area contributed by atoms with Crippen LogP contribution in [0.2, 0.25) is 0 Å². The molecule has 0 saturated carbocycles. The molecule has 0 unspecified atom stereocenters. The molecule has 0 saturated heterocycles. The van der Waals surface area contributed by atoms with Crippen molar-refractivity contribution in [3.05, 3.63) is 48.2 Å². The second-order valence-corrected chi connectivity index (χ2v) is 4.50. The summed E-state index contributed by atoms with van der Waals surface area (Å²) in [6.45, 7) is 2.30. The van der Waals surface area contributed by atoms with Crippen LogP contribution in [-0.4, -0.2) is 24.2 Å². The molecular formula is C16H19NO4. The van der Waals surface area contributed by atoms with E-state index in [1.807, 2.05) is 25.1 Å². The molecule has 0 aliphatic carbocycles. The second-order valence-electron chi connectivity index (χ2n) is 4.50. The second kappa shape index (κ2) is 8.09. The van der Waals surface area contributed by atoms with Gasteiger partial charge >= 0.3 is 5.97 Å². The summed E-state index contributed by atoms with van der Waals surface area (Å²) in [4.78, 5) is 15.7. The molecule has 2 aromatic rings. The molecule has 0 atom stereocenters. The maximum atomic E-state index is 11.5. The van der Waals surface area contributed by atoms with E-state index in [1.54, 1.807) is 12.1 Å². The number of hydrogen-bond acceptors (Lipinski definition) is 5. The lowest BCUT2D eigenvalue weighted by atomic mass is 10.2. The van der Waals surface area contributed by atoms with Gasteiger partial charge in [-0.1, -0.05) is 25.1 Å². The van der Waals surface area contributed by atoms with E-state index in [1.165, 1.54) is 6.39 Å². The van der Waals surface area contributed by atoms with Crippen LogP contribution < -0.4 is 4.74 Å². The fourth-order valence-corrected chi connectivity index (χ4v) is 1.91. The normalized spacial score (nSPS) is 10.3. The van der Waals surface area contributed by atoms with E-state index in [-0.39, 0.29) is 12.6 Å². The summed E-state index contributed by atoms with van der Waals surface area (Å²) in [6, 6.07) is 9.18. The molecule has 5 heteroatoms. The van der Waals surface area contributed by atoms with Gasteiger partial charge in [0.25, 0.3) is 0 Å². The summed E-state index contributed by atoms with van der Waals surface area (Å²) in [5.41, 5.74) is 0.939. The fraction of sp³-hybridized carbons (Fsp3) is 0.375. The van der Waals surface area contributed by atoms with Gasteiger partial charge in [-0.15, -0.1) is 0 Å². The standard InChI is InChI=1S/C16H19NO4/c1-2-15-14(17-12-21-15)9-6-10-19-16(18)11-20-13-7-4-3-5-8-13/h3-5,7-8,12H,2,6,9-11H2,1H3. The number of ether oxygens (including phenoxy) is 2. The van der Waals surface area contributed by atoms with E-state index >= 15 is 0 Å². The summed E-state index contributed by atoms with van der Waals surface area (Å²) < 4.78 is 15.7. The monoisotopic (exact) mass is 289 g/mol. The van der Waals surface area contributed by atoms with Gasteiger partial charge in [-0.05, 0) is 25.0 Å². The van der Waals surface area contributed by atoms with Crippen molar-refractivity contribution >= 4 is 5.97 Å². The molecule has 21 heavy (non-hydrogen) atoms. The van der Waals surface area contributed by atoms with Crippen molar-refractivity contribution in [3.63, 3.8) is 0 Å². The lowest BCUT2D eigenvalue weighted by Crippen LogP contribution is -2.15. The number of aromatic nitrogens is 1. The Morgan fingerprint density at radius 2 is 2.10 bits per heavy atom. The predicted octanol–water partition coefficient (Wildman–Crippen LogP) is 2.79. The van der Waals surface area contributed by atoms with E-state index in [0.717, 1.165) is 30.7 Å². The highest BCUT2D eigenvalue weighted by molar-refractivity contribution is 5.71. The lowest BCUT2D eigenvalue weighted by Gasteiger charge is -2.06. The van der Waals surface area contributed by atoms with Crippen molar-refractivity contribution in [3.8, 4) is 5.75 Å². The zero-order chi connectivity index (χ0) is 14.9. The third kappa shape index (κ3) is 4.95. The lowest BCUT2D eigenvalue weighted by molar-refractivity contribution is -0.146. The van der Waals surface area contributed by atoms with E-state index in [0.29, 0.717) is 12.4 Å². The minimum Gasteiger partial charge on any atom is -0.482 e. The van der Waals surface area contributed by atoms with Gasteiger partial charge in [0.15, 0.2) is 13.0 Å². The first kappa shape index (κ1) is 15.1. The Bertz CT molecular complexity index is 550. The highest BCUT2D eigenvalue weighted by Gasteiger charge is 2.07. The molecule has 1 heterocycles. The highest BCUT2D eigenvalue weighted by Crippen LogP contribution is 2.10. The van der Waals surface area contributed by atoms with Crippen LogP contribution >= 0.6 is 0 Å². The van der Waals surface area contributed by atoms with Crippen molar-refractivity contribution in [1.82, 2.24) is 4.98 Å². The Morgan fingerprint density at radius 3 is 2.86 bits per heavy atom. The Balaban J connectivity index is 1.61. The van der Waals surface area contributed by atoms with Crippen molar-refractivity contribution in [1.29, 1.82) is 0 Å². The summed E-state index contributed by atoms with van der Waals surface area (Å²) in [5, 5.41) is 0. The number of carbonyl (C=O) groups is 1. The van der Waals surface area contributed by atoms with Crippen LogP contribution in [0, 0.1) is 0 Å². The Morgan fingerprint density at radius 1 is 1.29 bits per heavy atom. The van der Waals surface area contributed by atoms with Gasteiger partial charge in [-0.3, -0.25) is 0 Å². The van der Waals surface area contributed by atoms with E-state index in [4.69, 9.17) is 13.9 Å².